The SMILES string of the molecule is CCNc1c(F)cccc1C(=O)N1CCn2cnnc2C1. The quantitative estimate of drug-likeness (QED) is 0.930. The maximum atomic E-state index is 13.9. The summed E-state index contributed by atoms with van der Waals surface area (Å²) in [7, 11) is 0. The molecule has 0 atom stereocenters. The summed E-state index contributed by atoms with van der Waals surface area (Å²) >= 11 is 0. The summed E-state index contributed by atoms with van der Waals surface area (Å²) in [6, 6.07) is 4.54. The van der Waals surface area contributed by atoms with Crippen molar-refractivity contribution in [2.75, 3.05) is 18.4 Å². The standard InChI is InChI=1S/C14H16FN5O/c1-2-16-13-10(4-3-5-11(13)15)14(21)19-6-7-20-9-17-18-12(20)8-19/h3-5,9,16H,2,6-8H2,1H3. The Morgan fingerprint density at radius 1 is 1.43 bits per heavy atom. The molecule has 7 heteroatoms. The number of carbonyl (C=O) groups excluding carboxylic acids is 1. The molecule has 0 saturated heterocycles. The van der Waals surface area contributed by atoms with Crippen LogP contribution in [-0.2, 0) is 13.1 Å². The fourth-order valence-electron chi connectivity index (χ4n) is 2.47. The first kappa shape index (κ1) is 13.5. The summed E-state index contributed by atoms with van der Waals surface area (Å²) in [6.07, 6.45) is 1.66. The van der Waals surface area contributed by atoms with Gasteiger partial charge in [-0.05, 0) is 19.1 Å². The van der Waals surface area contributed by atoms with Crippen LogP contribution < -0.4 is 5.32 Å². The Bertz CT molecular complexity index is 669. The van der Waals surface area contributed by atoms with E-state index in [4.69, 9.17) is 0 Å². The molecule has 1 aliphatic rings. The average molecular weight is 289 g/mol. The number of rotatable bonds is 3. The average Bonchev–Trinajstić information content (AvgIpc) is 2.96. The summed E-state index contributed by atoms with van der Waals surface area (Å²) in [6.45, 7) is 4.02. The number of anilines is 1. The van der Waals surface area contributed by atoms with Gasteiger partial charge in [0.15, 0.2) is 5.82 Å². The van der Waals surface area contributed by atoms with Gasteiger partial charge < -0.3 is 14.8 Å². The molecular weight excluding hydrogens is 273 g/mol. The molecule has 0 unspecified atom stereocenters. The molecule has 0 fully saturated rings. The van der Waals surface area contributed by atoms with Gasteiger partial charge in [0.2, 0.25) is 0 Å². The van der Waals surface area contributed by atoms with Crippen LogP contribution in [0.2, 0.25) is 0 Å². The molecule has 0 spiro atoms. The number of fused-ring (bicyclic) bond motifs is 1. The first-order chi connectivity index (χ1) is 10.2. The molecule has 6 nitrogen and oxygen atoms in total. The number of aromatic nitrogens is 3. The number of para-hydroxylation sites is 1. The van der Waals surface area contributed by atoms with Crippen LogP contribution in [0.5, 0.6) is 0 Å². The van der Waals surface area contributed by atoms with Crippen LogP contribution >= 0.6 is 0 Å². The van der Waals surface area contributed by atoms with Crippen LogP contribution in [0.25, 0.3) is 0 Å². The highest BCUT2D eigenvalue weighted by atomic mass is 19.1. The monoisotopic (exact) mass is 289 g/mol. The molecule has 0 aliphatic carbocycles. The Kier molecular flexibility index (Phi) is 3.55. The molecule has 1 aromatic carbocycles. The van der Waals surface area contributed by atoms with E-state index < -0.39 is 5.82 Å². The van der Waals surface area contributed by atoms with E-state index in [2.05, 4.69) is 15.5 Å². The minimum absolute atomic E-state index is 0.195. The van der Waals surface area contributed by atoms with Crippen molar-refractivity contribution in [1.29, 1.82) is 0 Å². The van der Waals surface area contributed by atoms with E-state index in [1.54, 1.807) is 23.4 Å². The molecule has 2 aromatic rings. The fourth-order valence-corrected chi connectivity index (χ4v) is 2.47. The van der Waals surface area contributed by atoms with Crippen LogP contribution in [0.15, 0.2) is 24.5 Å². The second-order valence-corrected chi connectivity index (χ2v) is 4.86. The number of benzene rings is 1. The lowest BCUT2D eigenvalue weighted by atomic mass is 10.1. The Morgan fingerprint density at radius 3 is 3.10 bits per heavy atom. The highest BCUT2D eigenvalue weighted by molar-refractivity contribution is 5.99. The third-order valence-electron chi connectivity index (χ3n) is 3.52. The number of hydrogen-bond donors (Lipinski definition) is 1. The summed E-state index contributed by atoms with van der Waals surface area (Å²) < 4.78 is 15.8. The Hall–Kier alpha value is -2.44. The minimum atomic E-state index is -0.414. The second-order valence-electron chi connectivity index (χ2n) is 4.86. The molecule has 1 amide bonds. The van der Waals surface area contributed by atoms with Crippen molar-refractivity contribution in [1.82, 2.24) is 19.7 Å². The number of halogens is 1. The van der Waals surface area contributed by atoms with E-state index in [9.17, 15) is 9.18 Å². The summed E-state index contributed by atoms with van der Waals surface area (Å²) in [5, 5.41) is 10.7. The van der Waals surface area contributed by atoms with Crippen molar-refractivity contribution in [3.05, 3.63) is 41.7 Å². The van der Waals surface area contributed by atoms with Gasteiger partial charge in [0, 0.05) is 19.6 Å². The van der Waals surface area contributed by atoms with Gasteiger partial charge in [-0.25, -0.2) is 4.39 Å². The second kappa shape index (κ2) is 5.51. The van der Waals surface area contributed by atoms with Crippen LogP contribution in [-0.4, -0.2) is 38.7 Å². The number of nitrogens with zero attached hydrogens (tertiary/aromatic N) is 4. The molecule has 0 saturated carbocycles. The highest BCUT2D eigenvalue weighted by Gasteiger charge is 2.25. The summed E-state index contributed by atoms with van der Waals surface area (Å²) in [5.41, 5.74) is 0.613. The van der Waals surface area contributed by atoms with Gasteiger partial charge in [-0.1, -0.05) is 6.07 Å². The van der Waals surface area contributed by atoms with Gasteiger partial charge in [-0.3, -0.25) is 4.79 Å². The van der Waals surface area contributed by atoms with E-state index in [0.29, 0.717) is 31.7 Å². The van der Waals surface area contributed by atoms with Crippen molar-refractivity contribution in [3.8, 4) is 0 Å². The first-order valence-electron chi connectivity index (χ1n) is 6.89. The maximum Gasteiger partial charge on any atom is 0.256 e. The molecule has 0 radical (unpaired) electrons. The fraction of sp³-hybridized carbons (Fsp3) is 0.357. The van der Waals surface area contributed by atoms with E-state index in [0.717, 1.165) is 5.82 Å². The van der Waals surface area contributed by atoms with Gasteiger partial charge in [-0.2, -0.15) is 0 Å². The molecule has 21 heavy (non-hydrogen) atoms. The number of hydrogen-bond acceptors (Lipinski definition) is 4. The van der Waals surface area contributed by atoms with Crippen molar-refractivity contribution in [3.63, 3.8) is 0 Å². The molecule has 0 bridgehead atoms. The summed E-state index contributed by atoms with van der Waals surface area (Å²) in [5.74, 6) is 0.138. The zero-order valence-electron chi connectivity index (χ0n) is 11.7. The normalized spacial score (nSPS) is 13.9. The predicted octanol–water partition coefficient (Wildman–Crippen LogP) is 1.50. The molecule has 2 heterocycles. The molecule has 1 N–H and O–H groups in total. The molecule has 110 valence electrons. The number of amides is 1. The number of nitrogens with one attached hydrogen (secondary N) is 1. The van der Waals surface area contributed by atoms with Gasteiger partial charge in [0.25, 0.3) is 5.91 Å². The lowest BCUT2D eigenvalue weighted by molar-refractivity contribution is 0.0708. The van der Waals surface area contributed by atoms with Crippen molar-refractivity contribution >= 4 is 11.6 Å². The lowest BCUT2D eigenvalue weighted by Crippen LogP contribution is -2.38. The minimum Gasteiger partial charge on any atom is -0.382 e. The Morgan fingerprint density at radius 2 is 2.29 bits per heavy atom. The van der Waals surface area contributed by atoms with Gasteiger partial charge in [0.05, 0.1) is 17.8 Å². The largest absolute Gasteiger partial charge is 0.382 e. The topological polar surface area (TPSA) is 63.1 Å². The highest BCUT2D eigenvalue weighted by Crippen LogP contribution is 2.23. The zero-order chi connectivity index (χ0) is 14.8. The predicted molar refractivity (Wildman–Crippen MR) is 75.3 cm³/mol. The number of carbonyl (C=O) groups is 1. The van der Waals surface area contributed by atoms with E-state index in [1.807, 2.05) is 11.5 Å². The van der Waals surface area contributed by atoms with E-state index >= 15 is 0 Å². The lowest BCUT2D eigenvalue weighted by Gasteiger charge is -2.28. The molecule has 1 aromatic heterocycles. The van der Waals surface area contributed by atoms with Crippen LogP contribution in [0.4, 0.5) is 10.1 Å². The first-order valence-corrected chi connectivity index (χ1v) is 6.89. The molecular formula is C14H16FN5O. The smallest absolute Gasteiger partial charge is 0.256 e. The third-order valence-corrected chi connectivity index (χ3v) is 3.52. The summed E-state index contributed by atoms with van der Waals surface area (Å²) in [4.78, 5) is 14.3. The van der Waals surface area contributed by atoms with E-state index in [1.165, 1.54) is 6.07 Å². The van der Waals surface area contributed by atoms with Crippen LogP contribution in [0, 0.1) is 5.82 Å². The van der Waals surface area contributed by atoms with Gasteiger partial charge >= 0.3 is 0 Å². The van der Waals surface area contributed by atoms with Crippen molar-refractivity contribution in [2.24, 2.45) is 0 Å². The maximum absolute atomic E-state index is 13.9. The van der Waals surface area contributed by atoms with Gasteiger partial charge in [0.1, 0.15) is 12.1 Å². The zero-order valence-corrected chi connectivity index (χ0v) is 11.7. The van der Waals surface area contributed by atoms with Crippen molar-refractivity contribution < 1.29 is 9.18 Å². The Labute approximate surface area is 121 Å². The molecule has 1 aliphatic heterocycles. The third kappa shape index (κ3) is 2.46. The van der Waals surface area contributed by atoms with E-state index in [-0.39, 0.29) is 11.6 Å². The van der Waals surface area contributed by atoms with Crippen molar-refractivity contribution in [2.45, 2.75) is 20.0 Å². The Balaban J connectivity index is 1.88. The molecule has 3 rings (SSSR count). The van der Waals surface area contributed by atoms with Crippen LogP contribution in [0.3, 0.4) is 0 Å². The van der Waals surface area contributed by atoms with Gasteiger partial charge in [-0.15, -0.1) is 10.2 Å². The van der Waals surface area contributed by atoms with Crippen LogP contribution in [0.1, 0.15) is 23.1 Å².